The first kappa shape index (κ1) is 59.6. The minimum Gasteiger partial charge on any atom is -0.394 e. The van der Waals surface area contributed by atoms with Gasteiger partial charge in [-0.3, -0.25) is 4.79 Å². The fraction of sp³-hybridized carbons (Fsp3) is 0.741. The summed E-state index contributed by atoms with van der Waals surface area (Å²) in [5, 5.41) is 23.0. The number of hydrogen-bond acceptors (Lipinski definition) is 3. The molecule has 62 heavy (non-hydrogen) atoms. The van der Waals surface area contributed by atoms with Crippen molar-refractivity contribution >= 4 is 5.91 Å². The molecule has 0 saturated heterocycles. The molecule has 0 rings (SSSR count). The Kier molecular flexibility index (Phi) is 50.8. The second kappa shape index (κ2) is 52.9. The van der Waals surface area contributed by atoms with Gasteiger partial charge in [0.25, 0.3) is 0 Å². The Hall–Kier alpha value is -2.43. The summed E-state index contributed by atoms with van der Waals surface area (Å²) in [5.74, 6) is -0.0738. The van der Waals surface area contributed by atoms with E-state index in [1.54, 1.807) is 6.08 Å². The van der Waals surface area contributed by atoms with Gasteiger partial charge in [-0.1, -0.05) is 259 Å². The molecule has 2 unspecified atom stereocenters. The summed E-state index contributed by atoms with van der Waals surface area (Å²) in [5.41, 5.74) is 0. The number of allylic oxidation sites excluding steroid dienone is 13. The maximum absolute atomic E-state index is 12.4. The maximum atomic E-state index is 12.4. The zero-order valence-electron chi connectivity index (χ0n) is 41.1. The lowest BCUT2D eigenvalue weighted by Crippen LogP contribution is -2.45. The fourth-order valence-corrected chi connectivity index (χ4v) is 7.81. The average molecular weight is 862 g/mol. The summed E-state index contributed by atoms with van der Waals surface area (Å²) in [6.07, 6.45) is 77.4. The van der Waals surface area contributed by atoms with Gasteiger partial charge in [0.2, 0.25) is 5.91 Å². The highest BCUT2D eigenvalue weighted by Gasteiger charge is 2.17. The Labute approximate surface area is 386 Å². The van der Waals surface area contributed by atoms with Gasteiger partial charge in [0.15, 0.2) is 0 Å². The summed E-state index contributed by atoms with van der Waals surface area (Å²) in [4.78, 5) is 12.4. The average Bonchev–Trinajstić information content (AvgIpc) is 3.28. The van der Waals surface area contributed by atoms with Crippen molar-refractivity contribution < 1.29 is 15.0 Å². The summed E-state index contributed by atoms with van der Waals surface area (Å²) in [7, 11) is 0. The lowest BCUT2D eigenvalue weighted by molar-refractivity contribution is -0.123. The molecule has 4 heteroatoms. The van der Waals surface area contributed by atoms with Gasteiger partial charge in [0.05, 0.1) is 18.8 Å². The predicted octanol–water partition coefficient (Wildman–Crippen LogP) is 17.6. The van der Waals surface area contributed by atoms with Crippen molar-refractivity contribution in [2.24, 2.45) is 0 Å². The number of nitrogens with one attached hydrogen (secondary N) is 1. The molecule has 0 aromatic heterocycles. The van der Waals surface area contributed by atoms with Gasteiger partial charge >= 0.3 is 0 Å². The Bertz CT molecular complexity index is 1110. The second-order valence-corrected chi connectivity index (χ2v) is 17.9. The Morgan fingerprint density at radius 1 is 0.403 bits per heavy atom. The highest BCUT2D eigenvalue weighted by molar-refractivity contribution is 5.76. The van der Waals surface area contributed by atoms with E-state index < -0.39 is 12.1 Å². The standard InChI is InChI=1S/C58H103NO3/c1-3-5-7-9-11-13-15-17-18-19-20-21-22-23-24-25-26-27-28-29-30-31-32-33-34-35-36-37-38-39-40-42-44-46-48-50-52-54-58(62)59-56(55-60)57(61)53-51-49-47-45-43-41-16-14-12-10-8-6-4-2/h5,7,11,13,17-18,20-21,23-24,43,45,51,53,56-57,60-61H,3-4,6,8-10,12,14-16,19,22,25-42,44,46-50,52,54-55H2,1-2H3,(H,59,62)/b7-5-,13-11-,18-17-,21-20-,24-23-,45-43+,53-51+. The Balaban J connectivity index is 3.46. The van der Waals surface area contributed by atoms with E-state index in [4.69, 9.17) is 0 Å². The van der Waals surface area contributed by atoms with Crippen LogP contribution in [0.25, 0.3) is 0 Å². The van der Waals surface area contributed by atoms with Gasteiger partial charge in [-0.15, -0.1) is 0 Å². The lowest BCUT2D eigenvalue weighted by atomic mass is 10.0. The molecule has 0 saturated carbocycles. The van der Waals surface area contributed by atoms with Gasteiger partial charge in [0, 0.05) is 6.42 Å². The number of aliphatic hydroxyl groups excluding tert-OH is 2. The summed E-state index contributed by atoms with van der Waals surface area (Å²) >= 11 is 0. The van der Waals surface area contributed by atoms with E-state index in [0.717, 1.165) is 64.2 Å². The molecule has 2 atom stereocenters. The molecule has 0 radical (unpaired) electrons. The zero-order valence-corrected chi connectivity index (χ0v) is 41.1. The largest absolute Gasteiger partial charge is 0.394 e. The fourth-order valence-electron chi connectivity index (χ4n) is 7.81. The Morgan fingerprint density at radius 2 is 0.726 bits per heavy atom. The van der Waals surface area contributed by atoms with Crippen molar-refractivity contribution in [3.63, 3.8) is 0 Å². The molecule has 0 aliphatic carbocycles. The van der Waals surface area contributed by atoms with Gasteiger partial charge in [-0.05, 0) is 77.0 Å². The van der Waals surface area contributed by atoms with Crippen LogP contribution in [0.4, 0.5) is 0 Å². The van der Waals surface area contributed by atoms with Crippen molar-refractivity contribution in [3.05, 3.63) is 85.1 Å². The normalized spacial score (nSPS) is 13.5. The number of hydrogen-bond donors (Lipinski definition) is 3. The van der Waals surface area contributed by atoms with E-state index in [1.807, 2.05) is 6.08 Å². The van der Waals surface area contributed by atoms with E-state index in [9.17, 15) is 15.0 Å². The molecule has 0 aromatic rings. The monoisotopic (exact) mass is 862 g/mol. The maximum Gasteiger partial charge on any atom is 0.220 e. The molecule has 1 amide bonds. The summed E-state index contributed by atoms with van der Waals surface area (Å²) in [6.45, 7) is 4.17. The molecule has 0 bridgehead atoms. The molecule has 358 valence electrons. The molecule has 0 fully saturated rings. The van der Waals surface area contributed by atoms with Crippen molar-refractivity contribution in [1.82, 2.24) is 5.32 Å². The lowest BCUT2D eigenvalue weighted by Gasteiger charge is -2.19. The van der Waals surface area contributed by atoms with Crippen LogP contribution < -0.4 is 5.32 Å². The van der Waals surface area contributed by atoms with Crippen molar-refractivity contribution in [2.75, 3.05) is 6.61 Å². The van der Waals surface area contributed by atoms with Crippen LogP contribution in [0.3, 0.4) is 0 Å². The molecule has 0 aliphatic rings. The van der Waals surface area contributed by atoms with Crippen molar-refractivity contribution in [2.45, 2.75) is 270 Å². The van der Waals surface area contributed by atoms with E-state index >= 15 is 0 Å². The van der Waals surface area contributed by atoms with Crippen LogP contribution in [-0.4, -0.2) is 34.9 Å². The summed E-state index contributed by atoms with van der Waals surface area (Å²) in [6, 6.07) is -0.639. The molecule has 0 aliphatic heterocycles. The van der Waals surface area contributed by atoms with Crippen LogP contribution >= 0.6 is 0 Å². The minimum atomic E-state index is -0.862. The Morgan fingerprint density at radius 3 is 1.13 bits per heavy atom. The number of amides is 1. The number of unbranched alkanes of at least 4 members (excludes halogenated alkanes) is 29. The van der Waals surface area contributed by atoms with Crippen molar-refractivity contribution in [1.29, 1.82) is 0 Å². The minimum absolute atomic E-state index is 0.0738. The van der Waals surface area contributed by atoms with Gasteiger partial charge in [-0.2, -0.15) is 0 Å². The topological polar surface area (TPSA) is 69.6 Å². The van der Waals surface area contributed by atoms with E-state index in [1.165, 1.54) is 173 Å². The third kappa shape index (κ3) is 48.6. The van der Waals surface area contributed by atoms with Crippen LogP contribution in [0.2, 0.25) is 0 Å². The van der Waals surface area contributed by atoms with E-state index in [0.29, 0.717) is 6.42 Å². The predicted molar refractivity (Wildman–Crippen MR) is 276 cm³/mol. The molecule has 0 heterocycles. The van der Waals surface area contributed by atoms with Crippen LogP contribution in [0.1, 0.15) is 258 Å². The first-order valence-electron chi connectivity index (χ1n) is 26.8. The number of aliphatic hydroxyl groups is 2. The number of carbonyl (C=O) groups is 1. The number of rotatable bonds is 48. The van der Waals surface area contributed by atoms with E-state index in [-0.39, 0.29) is 12.5 Å². The van der Waals surface area contributed by atoms with Crippen LogP contribution in [0, 0.1) is 0 Å². The first-order chi connectivity index (χ1) is 30.7. The van der Waals surface area contributed by atoms with Gasteiger partial charge in [-0.25, -0.2) is 0 Å². The molecule has 4 nitrogen and oxygen atoms in total. The van der Waals surface area contributed by atoms with E-state index in [2.05, 4.69) is 92.1 Å². The van der Waals surface area contributed by atoms with Gasteiger partial charge in [0.1, 0.15) is 0 Å². The molecule has 3 N–H and O–H groups in total. The summed E-state index contributed by atoms with van der Waals surface area (Å²) < 4.78 is 0. The third-order valence-electron chi connectivity index (χ3n) is 11.9. The molecular weight excluding hydrogens is 759 g/mol. The van der Waals surface area contributed by atoms with Gasteiger partial charge < -0.3 is 15.5 Å². The second-order valence-electron chi connectivity index (χ2n) is 17.9. The van der Waals surface area contributed by atoms with Crippen LogP contribution in [-0.2, 0) is 4.79 Å². The molecular formula is C58H103NO3. The zero-order chi connectivity index (χ0) is 44.9. The van der Waals surface area contributed by atoms with Crippen molar-refractivity contribution in [3.8, 4) is 0 Å². The highest BCUT2D eigenvalue weighted by atomic mass is 16.3. The smallest absolute Gasteiger partial charge is 0.220 e. The first-order valence-corrected chi connectivity index (χ1v) is 26.8. The third-order valence-corrected chi connectivity index (χ3v) is 11.9. The molecule has 0 aromatic carbocycles. The molecule has 0 spiro atoms. The number of carbonyl (C=O) groups excluding carboxylic acids is 1. The van der Waals surface area contributed by atoms with Crippen LogP contribution in [0.15, 0.2) is 85.1 Å². The quantitative estimate of drug-likeness (QED) is 0.0422. The highest BCUT2D eigenvalue weighted by Crippen LogP contribution is 2.16. The SMILES string of the molecule is CC/C=C\C/C=C\C/C=C\C/C=C\C/C=C\CCCCCCCCCCCCCCCCCCCCCCCC(=O)NC(CO)C(O)/C=C/CC/C=C/CCCCCCCCC. The van der Waals surface area contributed by atoms with Crippen LogP contribution in [0.5, 0.6) is 0 Å².